The Kier molecular flexibility index (Phi) is 4.63. The van der Waals surface area contributed by atoms with Gasteiger partial charge in [0.1, 0.15) is 17.4 Å². The van der Waals surface area contributed by atoms with Gasteiger partial charge >= 0.3 is 6.09 Å². The minimum atomic E-state index is -0.554. The molecular formula is C19H19N5O4. The van der Waals surface area contributed by atoms with E-state index in [2.05, 4.69) is 16.3 Å². The number of ether oxygens (including phenoxy) is 3. The van der Waals surface area contributed by atoms with Gasteiger partial charge in [0.25, 0.3) is 0 Å². The molecule has 0 unspecified atom stereocenters. The van der Waals surface area contributed by atoms with E-state index in [4.69, 9.17) is 19.9 Å². The highest BCUT2D eigenvalue weighted by Gasteiger charge is 2.36. The number of hydrogen-bond donors (Lipinski definition) is 2. The molecule has 9 heteroatoms. The van der Waals surface area contributed by atoms with Crippen molar-refractivity contribution in [3.8, 4) is 17.7 Å². The fraction of sp³-hybridized carbons (Fsp3) is 0.316. The number of aromatic amines is 1. The predicted molar refractivity (Wildman–Crippen MR) is 97.5 cm³/mol. The third-order valence-electron chi connectivity index (χ3n) is 4.83. The van der Waals surface area contributed by atoms with Crippen molar-refractivity contribution in [2.75, 3.05) is 26.3 Å². The van der Waals surface area contributed by atoms with Crippen LogP contribution in [0.25, 0.3) is 0 Å². The monoisotopic (exact) mass is 381 g/mol. The van der Waals surface area contributed by atoms with E-state index >= 15 is 0 Å². The van der Waals surface area contributed by atoms with Gasteiger partial charge in [-0.15, -0.1) is 5.10 Å². The number of H-pyrrole nitrogens is 1. The van der Waals surface area contributed by atoms with Crippen LogP contribution < -0.4 is 15.2 Å². The summed E-state index contributed by atoms with van der Waals surface area (Å²) in [4.78, 5) is 14.2. The van der Waals surface area contributed by atoms with Crippen molar-refractivity contribution >= 4 is 6.09 Å². The van der Waals surface area contributed by atoms with Gasteiger partial charge in [0.05, 0.1) is 19.1 Å². The zero-order chi connectivity index (χ0) is 19.7. The maximum absolute atomic E-state index is 12.6. The van der Waals surface area contributed by atoms with Crippen LogP contribution in [-0.2, 0) is 4.74 Å². The van der Waals surface area contributed by atoms with Gasteiger partial charge in [-0.3, -0.25) is 5.10 Å². The summed E-state index contributed by atoms with van der Waals surface area (Å²) in [5.41, 5.74) is 8.28. The Morgan fingerprint density at radius 1 is 1.39 bits per heavy atom. The third-order valence-corrected chi connectivity index (χ3v) is 4.83. The molecule has 1 saturated heterocycles. The van der Waals surface area contributed by atoms with E-state index in [1.165, 1.54) is 0 Å². The molecule has 1 amide bonds. The number of nitrogens with one attached hydrogen (secondary N) is 1. The topological polar surface area (TPSA) is 126 Å². The fourth-order valence-corrected chi connectivity index (χ4v) is 3.43. The standard InChI is InChI=1S/C19H19N5O4/c1-11-15-16(13(10-20)17(21)28-18(15)23-22-11)12-4-2-3-5-14(12)27-19(25)24-6-8-26-9-7-24/h2-5,16H,6-9,21H2,1H3,(H,22,23)/t16-/m0/s1. The highest BCUT2D eigenvalue weighted by molar-refractivity contribution is 5.72. The number of rotatable bonds is 2. The van der Waals surface area contributed by atoms with Crippen LogP contribution in [0.3, 0.4) is 0 Å². The summed E-state index contributed by atoms with van der Waals surface area (Å²) < 4.78 is 16.4. The predicted octanol–water partition coefficient (Wildman–Crippen LogP) is 1.77. The molecule has 1 atom stereocenters. The number of carbonyl (C=O) groups is 1. The number of morpholine rings is 1. The van der Waals surface area contributed by atoms with E-state index in [0.29, 0.717) is 49.1 Å². The van der Waals surface area contributed by atoms with Gasteiger partial charge in [0.2, 0.25) is 11.8 Å². The summed E-state index contributed by atoms with van der Waals surface area (Å²) in [6.45, 7) is 3.73. The van der Waals surface area contributed by atoms with Crippen LogP contribution in [0.4, 0.5) is 4.79 Å². The lowest BCUT2D eigenvalue weighted by molar-refractivity contribution is 0.0415. The second-order valence-corrected chi connectivity index (χ2v) is 6.50. The van der Waals surface area contributed by atoms with Crippen molar-refractivity contribution in [3.63, 3.8) is 0 Å². The number of allylic oxidation sites excluding steroid dienone is 1. The van der Waals surface area contributed by atoms with Gasteiger partial charge in [-0.2, -0.15) is 5.26 Å². The second kappa shape index (κ2) is 7.25. The van der Waals surface area contributed by atoms with E-state index in [-0.39, 0.29) is 11.5 Å². The summed E-state index contributed by atoms with van der Waals surface area (Å²) in [7, 11) is 0. The molecule has 144 valence electrons. The number of nitrogens with two attached hydrogens (primary N) is 1. The first-order valence-corrected chi connectivity index (χ1v) is 8.86. The van der Waals surface area contributed by atoms with Crippen molar-refractivity contribution in [1.82, 2.24) is 15.1 Å². The molecule has 2 aromatic rings. The molecule has 2 aliphatic rings. The molecule has 28 heavy (non-hydrogen) atoms. The van der Waals surface area contributed by atoms with E-state index in [1.54, 1.807) is 23.1 Å². The Balaban J connectivity index is 1.74. The minimum Gasteiger partial charge on any atom is -0.420 e. The molecule has 0 spiro atoms. The van der Waals surface area contributed by atoms with Crippen molar-refractivity contribution in [2.24, 2.45) is 5.73 Å². The van der Waals surface area contributed by atoms with Crippen LogP contribution in [0.5, 0.6) is 11.6 Å². The van der Waals surface area contributed by atoms with Crippen LogP contribution in [0.1, 0.15) is 22.7 Å². The maximum atomic E-state index is 12.6. The Bertz CT molecular complexity index is 984. The van der Waals surface area contributed by atoms with E-state index in [0.717, 1.165) is 5.69 Å². The Hall–Kier alpha value is -3.51. The van der Waals surface area contributed by atoms with Crippen LogP contribution in [-0.4, -0.2) is 47.5 Å². The SMILES string of the molecule is Cc1[nH]nc2c1[C@@H](c1ccccc1OC(=O)N1CCOCC1)C(C#N)=C(N)O2. The lowest BCUT2D eigenvalue weighted by Crippen LogP contribution is -2.42. The Morgan fingerprint density at radius 3 is 2.89 bits per heavy atom. The zero-order valence-corrected chi connectivity index (χ0v) is 15.3. The van der Waals surface area contributed by atoms with Crippen LogP contribution in [0, 0.1) is 18.3 Å². The molecular weight excluding hydrogens is 362 g/mol. The summed E-state index contributed by atoms with van der Waals surface area (Å²) in [5.74, 6) is 0.105. The molecule has 0 aliphatic carbocycles. The number of nitriles is 1. The first kappa shape index (κ1) is 17.9. The minimum absolute atomic E-state index is 0.0131. The number of aryl methyl sites for hydroxylation is 1. The van der Waals surface area contributed by atoms with Gasteiger partial charge in [-0.25, -0.2) is 4.79 Å². The number of carbonyl (C=O) groups excluding carboxylic acids is 1. The summed E-state index contributed by atoms with van der Waals surface area (Å²) in [6, 6.07) is 9.21. The molecule has 0 radical (unpaired) electrons. The van der Waals surface area contributed by atoms with E-state index in [1.807, 2.05) is 13.0 Å². The highest BCUT2D eigenvalue weighted by Crippen LogP contribution is 2.45. The summed E-state index contributed by atoms with van der Waals surface area (Å²) >= 11 is 0. The molecule has 9 nitrogen and oxygen atoms in total. The largest absolute Gasteiger partial charge is 0.420 e. The lowest BCUT2D eigenvalue weighted by Gasteiger charge is -2.28. The number of aromatic nitrogens is 2. The quantitative estimate of drug-likeness (QED) is 0.811. The maximum Gasteiger partial charge on any atom is 0.415 e. The number of para-hydroxylation sites is 1. The van der Waals surface area contributed by atoms with Crippen LogP contribution >= 0.6 is 0 Å². The number of fused-ring (bicyclic) bond motifs is 1. The van der Waals surface area contributed by atoms with Gasteiger partial charge in [-0.1, -0.05) is 18.2 Å². The number of amides is 1. The summed E-state index contributed by atoms with van der Waals surface area (Å²) in [5, 5.41) is 16.7. The molecule has 0 saturated carbocycles. The van der Waals surface area contributed by atoms with Crippen molar-refractivity contribution in [1.29, 1.82) is 5.26 Å². The average molecular weight is 381 g/mol. The van der Waals surface area contributed by atoms with Crippen LogP contribution in [0.15, 0.2) is 35.7 Å². The molecule has 3 heterocycles. The molecule has 1 aromatic carbocycles. The van der Waals surface area contributed by atoms with Gasteiger partial charge in [0.15, 0.2) is 0 Å². The molecule has 0 bridgehead atoms. The van der Waals surface area contributed by atoms with Gasteiger partial charge in [0, 0.05) is 29.9 Å². The summed E-state index contributed by atoms with van der Waals surface area (Å²) in [6.07, 6.45) is -0.456. The normalized spacial score (nSPS) is 18.9. The van der Waals surface area contributed by atoms with Crippen molar-refractivity contribution < 1.29 is 19.0 Å². The van der Waals surface area contributed by atoms with E-state index < -0.39 is 12.0 Å². The Morgan fingerprint density at radius 2 is 2.14 bits per heavy atom. The molecule has 1 fully saturated rings. The van der Waals surface area contributed by atoms with E-state index in [9.17, 15) is 10.1 Å². The highest BCUT2D eigenvalue weighted by atomic mass is 16.6. The second-order valence-electron chi connectivity index (χ2n) is 6.50. The molecule has 4 rings (SSSR count). The van der Waals surface area contributed by atoms with Crippen molar-refractivity contribution in [2.45, 2.75) is 12.8 Å². The van der Waals surface area contributed by atoms with Gasteiger partial charge in [-0.05, 0) is 13.0 Å². The number of hydrogen-bond acceptors (Lipinski definition) is 7. The van der Waals surface area contributed by atoms with Crippen molar-refractivity contribution in [3.05, 3.63) is 52.5 Å². The fourth-order valence-electron chi connectivity index (χ4n) is 3.43. The molecule has 1 aromatic heterocycles. The molecule has 3 N–H and O–H groups in total. The number of benzene rings is 1. The average Bonchev–Trinajstić information content (AvgIpc) is 3.08. The Labute approximate surface area is 161 Å². The first-order chi connectivity index (χ1) is 13.6. The first-order valence-electron chi connectivity index (χ1n) is 8.86. The third kappa shape index (κ3) is 3.04. The number of nitrogens with zero attached hydrogens (tertiary/aromatic N) is 3. The lowest BCUT2D eigenvalue weighted by atomic mass is 9.83. The smallest absolute Gasteiger partial charge is 0.415 e. The van der Waals surface area contributed by atoms with Crippen LogP contribution in [0.2, 0.25) is 0 Å². The zero-order valence-electron chi connectivity index (χ0n) is 15.3. The molecule has 2 aliphatic heterocycles. The van der Waals surface area contributed by atoms with Gasteiger partial charge < -0.3 is 24.8 Å².